The number of halogens is 3. The van der Waals surface area contributed by atoms with Gasteiger partial charge in [-0.05, 0) is 71.7 Å². The lowest BCUT2D eigenvalue weighted by atomic mass is 10.0. The highest BCUT2D eigenvalue weighted by atomic mass is 19.4. The molecule has 0 aliphatic carbocycles. The fraction of sp³-hybridized carbons (Fsp3) is 0.133. The van der Waals surface area contributed by atoms with Crippen LogP contribution in [-0.2, 0) is 17.6 Å². The summed E-state index contributed by atoms with van der Waals surface area (Å²) in [6.07, 6.45) is -3.15. The van der Waals surface area contributed by atoms with Gasteiger partial charge in [0.1, 0.15) is 24.0 Å². The number of fused-ring (bicyclic) bond motifs is 1. The monoisotopic (exact) mass is 500 g/mol. The second kappa shape index (κ2) is 10.6. The van der Waals surface area contributed by atoms with Crippen LogP contribution in [0.5, 0.6) is 5.75 Å². The topological polar surface area (TPSA) is 62.1 Å². The number of nitrogens with one attached hydrogen (secondary N) is 1. The molecule has 37 heavy (non-hydrogen) atoms. The van der Waals surface area contributed by atoms with Gasteiger partial charge in [0.25, 0.3) is 5.91 Å². The molecule has 4 rings (SSSR count). The largest absolute Gasteiger partial charge is 0.488 e. The van der Waals surface area contributed by atoms with E-state index in [1.807, 2.05) is 68.4 Å². The molecule has 0 spiro atoms. The summed E-state index contributed by atoms with van der Waals surface area (Å²) in [7, 11) is 0. The minimum atomic E-state index is -4.56. The number of nitrogens with zero attached hydrogens (tertiary/aromatic N) is 1. The van der Waals surface area contributed by atoms with E-state index in [0.717, 1.165) is 34.0 Å². The quantitative estimate of drug-likeness (QED) is 0.219. The zero-order valence-corrected chi connectivity index (χ0v) is 20.2. The predicted molar refractivity (Wildman–Crippen MR) is 138 cm³/mol. The molecule has 0 aromatic heterocycles. The summed E-state index contributed by atoms with van der Waals surface area (Å²) in [5, 5.41) is 13.8. The van der Waals surface area contributed by atoms with Crippen molar-refractivity contribution in [1.29, 1.82) is 5.26 Å². The molecular formula is C30H23F3N2O2. The lowest BCUT2D eigenvalue weighted by Crippen LogP contribution is -2.14. The summed E-state index contributed by atoms with van der Waals surface area (Å²) < 4.78 is 45.3. The first-order valence-corrected chi connectivity index (χ1v) is 11.5. The van der Waals surface area contributed by atoms with Crippen LogP contribution in [-0.4, -0.2) is 5.91 Å². The van der Waals surface area contributed by atoms with Crippen molar-refractivity contribution in [2.24, 2.45) is 0 Å². The third-order valence-corrected chi connectivity index (χ3v) is 6.00. The van der Waals surface area contributed by atoms with Gasteiger partial charge in [-0.3, -0.25) is 4.79 Å². The Labute approximate surface area is 212 Å². The highest BCUT2D eigenvalue weighted by Gasteiger charge is 2.30. The molecule has 0 saturated heterocycles. The molecule has 0 aliphatic rings. The van der Waals surface area contributed by atoms with Crippen molar-refractivity contribution in [1.82, 2.24) is 0 Å². The first-order chi connectivity index (χ1) is 17.7. The molecule has 186 valence electrons. The highest BCUT2D eigenvalue weighted by molar-refractivity contribution is 6.11. The number of nitriles is 1. The first-order valence-electron chi connectivity index (χ1n) is 11.5. The standard InChI is InChI=1S/C30H23F3N2O2/c1-19-10-11-21(14-20(19)2)18-37-28-13-12-22-6-3-4-9-26(22)27(28)15-23(17-34)29(36)35-25-8-5-7-24(16-25)30(31,32)33/h3-16H,18H2,1-2H3,(H,35,36)/b23-15+. The molecule has 0 unspecified atom stereocenters. The number of benzene rings is 4. The van der Waals surface area contributed by atoms with E-state index >= 15 is 0 Å². The maximum absolute atomic E-state index is 13.1. The van der Waals surface area contributed by atoms with Gasteiger partial charge in [-0.15, -0.1) is 0 Å². The lowest BCUT2D eigenvalue weighted by Gasteiger charge is -2.14. The summed E-state index contributed by atoms with van der Waals surface area (Å²) >= 11 is 0. The Kier molecular flexibility index (Phi) is 7.30. The number of aryl methyl sites for hydroxylation is 2. The van der Waals surface area contributed by atoms with Crippen molar-refractivity contribution in [3.05, 3.63) is 112 Å². The van der Waals surface area contributed by atoms with E-state index in [4.69, 9.17) is 4.74 Å². The smallest absolute Gasteiger partial charge is 0.416 e. The number of carbonyl (C=O) groups is 1. The zero-order valence-electron chi connectivity index (χ0n) is 20.2. The maximum Gasteiger partial charge on any atom is 0.416 e. The number of rotatable bonds is 6. The molecule has 4 aromatic carbocycles. The van der Waals surface area contributed by atoms with Crippen molar-refractivity contribution in [3.8, 4) is 11.8 Å². The second-order valence-electron chi connectivity index (χ2n) is 8.61. The van der Waals surface area contributed by atoms with Crippen LogP contribution < -0.4 is 10.1 Å². The average molecular weight is 501 g/mol. The van der Waals surface area contributed by atoms with Crippen LogP contribution in [0, 0.1) is 25.2 Å². The molecule has 0 heterocycles. The summed E-state index contributed by atoms with van der Waals surface area (Å²) in [5.41, 5.74) is 2.56. The maximum atomic E-state index is 13.1. The minimum absolute atomic E-state index is 0.0647. The Bertz CT molecular complexity index is 1550. The lowest BCUT2D eigenvalue weighted by molar-refractivity contribution is -0.137. The van der Waals surface area contributed by atoms with Crippen molar-refractivity contribution >= 4 is 28.4 Å². The first kappa shape index (κ1) is 25.5. The van der Waals surface area contributed by atoms with Gasteiger partial charge in [-0.1, -0.05) is 54.6 Å². The number of hydrogen-bond donors (Lipinski definition) is 1. The van der Waals surface area contributed by atoms with E-state index < -0.39 is 17.6 Å². The zero-order chi connectivity index (χ0) is 26.6. The Morgan fingerprint density at radius 1 is 0.973 bits per heavy atom. The molecule has 1 N–H and O–H groups in total. The molecular weight excluding hydrogens is 477 g/mol. The summed E-state index contributed by atoms with van der Waals surface area (Å²) in [6, 6.07) is 23.3. The van der Waals surface area contributed by atoms with Gasteiger partial charge in [0.2, 0.25) is 0 Å². The van der Waals surface area contributed by atoms with Gasteiger partial charge < -0.3 is 10.1 Å². The van der Waals surface area contributed by atoms with Gasteiger partial charge in [0, 0.05) is 11.3 Å². The molecule has 0 atom stereocenters. The third-order valence-electron chi connectivity index (χ3n) is 6.00. The predicted octanol–water partition coefficient (Wildman–Crippen LogP) is 7.60. The van der Waals surface area contributed by atoms with Gasteiger partial charge in [0.15, 0.2) is 0 Å². The Hall–Kier alpha value is -4.57. The van der Waals surface area contributed by atoms with Crippen molar-refractivity contribution in [3.63, 3.8) is 0 Å². The van der Waals surface area contributed by atoms with E-state index in [9.17, 15) is 23.2 Å². The molecule has 7 heteroatoms. The van der Waals surface area contributed by atoms with E-state index in [0.29, 0.717) is 11.3 Å². The van der Waals surface area contributed by atoms with Gasteiger partial charge in [-0.25, -0.2) is 0 Å². The van der Waals surface area contributed by atoms with Crippen molar-refractivity contribution < 1.29 is 22.7 Å². The van der Waals surface area contributed by atoms with Gasteiger partial charge >= 0.3 is 6.18 Å². The average Bonchev–Trinajstić information content (AvgIpc) is 2.87. The van der Waals surface area contributed by atoms with Crippen LogP contribution >= 0.6 is 0 Å². The van der Waals surface area contributed by atoms with Crippen LogP contribution in [0.4, 0.5) is 18.9 Å². The molecule has 4 nitrogen and oxygen atoms in total. The van der Waals surface area contributed by atoms with E-state index in [-0.39, 0.29) is 17.9 Å². The van der Waals surface area contributed by atoms with Crippen LogP contribution in [0.1, 0.15) is 27.8 Å². The number of ether oxygens (including phenoxy) is 1. The Morgan fingerprint density at radius 3 is 2.49 bits per heavy atom. The fourth-order valence-electron chi connectivity index (χ4n) is 3.87. The summed E-state index contributed by atoms with van der Waals surface area (Å²) in [5.74, 6) is -0.355. The molecule has 0 bridgehead atoms. The number of hydrogen-bond acceptors (Lipinski definition) is 3. The van der Waals surface area contributed by atoms with Crippen LogP contribution in [0.2, 0.25) is 0 Å². The van der Waals surface area contributed by atoms with Crippen LogP contribution in [0.15, 0.2) is 84.4 Å². The van der Waals surface area contributed by atoms with Crippen LogP contribution in [0.25, 0.3) is 16.8 Å². The number of amides is 1. The molecule has 0 aliphatic heterocycles. The molecule has 0 fully saturated rings. The SMILES string of the molecule is Cc1ccc(COc2ccc3ccccc3c2/C=C(\C#N)C(=O)Nc2cccc(C(F)(F)F)c2)cc1C. The third kappa shape index (κ3) is 5.99. The summed E-state index contributed by atoms with van der Waals surface area (Å²) in [4.78, 5) is 12.9. The highest BCUT2D eigenvalue weighted by Crippen LogP contribution is 2.32. The van der Waals surface area contributed by atoms with E-state index in [2.05, 4.69) is 5.32 Å². The molecule has 0 saturated carbocycles. The van der Waals surface area contributed by atoms with Crippen molar-refractivity contribution in [2.45, 2.75) is 26.6 Å². The second-order valence-corrected chi connectivity index (χ2v) is 8.61. The van der Waals surface area contributed by atoms with E-state index in [1.165, 1.54) is 23.8 Å². The number of anilines is 1. The Morgan fingerprint density at radius 2 is 1.76 bits per heavy atom. The van der Waals surface area contributed by atoms with Crippen molar-refractivity contribution in [2.75, 3.05) is 5.32 Å². The fourth-order valence-corrected chi connectivity index (χ4v) is 3.87. The summed E-state index contributed by atoms with van der Waals surface area (Å²) in [6.45, 7) is 4.32. The minimum Gasteiger partial charge on any atom is -0.488 e. The normalized spacial score (nSPS) is 11.7. The van der Waals surface area contributed by atoms with Gasteiger partial charge in [0.05, 0.1) is 5.56 Å². The number of alkyl halides is 3. The number of carbonyl (C=O) groups excluding carboxylic acids is 1. The molecule has 1 amide bonds. The van der Waals surface area contributed by atoms with Crippen LogP contribution in [0.3, 0.4) is 0 Å². The van der Waals surface area contributed by atoms with E-state index in [1.54, 1.807) is 6.07 Å². The molecule has 0 radical (unpaired) electrons. The van der Waals surface area contributed by atoms with Gasteiger partial charge in [-0.2, -0.15) is 18.4 Å². The molecule has 4 aromatic rings. The Balaban J connectivity index is 1.68.